The molecule has 0 spiro atoms. The maximum atomic E-state index is 13.6. The van der Waals surface area contributed by atoms with Gasteiger partial charge in [-0.15, -0.1) is 0 Å². The number of hydrogen-bond acceptors (Lipinski definition) is 11. The number of piperidine rings is 2. The highest BCUT2D eigenvalue weighted by atomic mass is 16.5. The van der Waals surface area contributed by atoms with Gasteiger partial charge in [0.25, 0.3) is 5.91 Å². The number of anilines is 1. The molecule has 10 rings (SSSR count). The molecule has 0 aliphatic carbocycles. The Balaban J connectivity index is 0.709. The number of ether oxygens (including phenoxy) is 1. The predicted molar refractivity (Wildman–Crippen MR) is 212 cm³/mol. The van der Waals surface area contributed by atoms with Crippen molar-refractivity contribution in [3.63, 3.8) is 0 Å². The molecule has 0 saturated carbocycles. The van der Waals surface area contributed by atoms with Crippen molar-refractivity contribution in [3.8, 4) is 11.5 Å². The van der Waals surface area contributed by atoms with E-state index in [9.17, 15) is 19.2 Å². The molecule has 5 amide bonds. The van der Waals surface area contributed by atoms with Crippen molar-refractivity contribution in [1.82, 2.24) is 25.0 Å². The number of rotatable bonds is 7. The van der Waals surface area contributed by atoms with Gasteiger partial charge in [0, 0.05) is 75.3 Å². The summed E-state index contributed by atoms with van der Waals surface area (Å²) >= 11 is 0. The standard InChI is InChI=1S/C42H44N10O5/c43-38-36-37(25-6-9-32(10-7-25)57-31-4-2-1-3-5-31)47-52(39(36)45-24-44-38)29-14-16-48(17-15-29)42(56)50-21-28(22-50)27-19-49(20-27)30-8-11-33-26(18-30)23-51(41(33)55)34-12-13-35(53)46-40(34)54/h1-11,18,24,27-29,34,36,39H,12-17,19-23H2,(H2,43,44,45)(H,46,53,54)/t34-,36?,39?/m1/s1. The fourth-order valence-electron chi connectivity index (χ4n) is 9.36. The van der Waals surface area contributed by atoms with Gasteiger partial charge in [-0.05, 0) is 85.0 Å². The Hall–Kier alpha value is -6.25. The number of nitrogens with two attached hydrogens (primary N) is 1. The predicted octanol–water partition coefficient (Wildman–Crippen LogP) is 3.25. The minimum atomic E-state index is -0.617. The van der Waals surface area contributed by atoms with Crippen LogP contribution in [-0.4, -0.2) is 119 Å². The summed E-state index contributed by atoms with van der Waals surface area (Å²) in [7, 11) is 0. The number of likely N-dealkylation sites (tertiary alicyclic amines) is 2. The zero-order valence-corrected chi connectivity index (χ0v) is 31.4. The van der Waals surface area contributed by atoms with Crippen LogP contribution in [0.2, 0.25) is 0 Å². The Labute approximate surface area is 329 Å². The number of hydrazone groups is 1. The molecule has 4 saturated heterocycles. The van der Waals surface area contributed by atoms with Gasteiger partial charge >= 0.3 is 6.03 Å². The van der Waals surface area contributed by atoms with Crippen molar-refractivity contribution in [2.45, 2.75) is 50.5 Å². The summed E-state index contributed by atoms with van der Waals surface area (Å²) in [5, 5.41) is 9.57. The molecule has 4 fully saturated rings. The second kappa shape index (κ2) is 14.0. The number of fused-ring (bicyclic) bond motifs is 2. The minimum Gasteiger partial charge on any atom is -0.457 e. The van der Waals surface area contributed by atoms with Crippen molar-refractivity contribution in [3.05, 3.63) is 89.5 Å². The van der Waals surface area contributed by atoms with Gasteiger partial charge in [0.2, 0.25) is 11.8 Å². The number of carbonyl (C=O) groups excluding carboxylic acids is 4. The molecule has 3 N–H and O–H groups in total. The van der Waals surface area contributed by atoms with Crippen LogP contribution >= 0.6 is 0 Å². The smallest absolute Gasteiger partial charge is 0.320 e. The summed E-state index contributed by atoms with van der Waals surface area (Å²) in [4.78, 5) is 67.7. The Kier molecular flexibility index (Phi) is 8.67. The first-order chi connectivity index (χ1) is 27.8. The van der Waals surface area contributed by atoms with E-state index in [0.29, 0.717) is 49.3 Å². The van der Waals surface area contributed by atoms with E-state index in [2.05, 4.69) is 26.3 Å². The van der Waals surface area contributed by atoms with E-state index in [4.69, 9.17) is 20.6 Å². The molecule has 3 atom stereocenters. The van der Waals surface area contributed by atoms with Crippen LogP contribution in [0, 0.1) is 17.8 Å². The van der Waals surface area contributed by atoms with Gasteiger partial charge in [-0.2, -0.15) is 5.10 Å². The van der Waals surface area contributed by atoms with Crippen LogP contribution in [0.1, 0.15) is 47.2 Å². The Morgan fingerprint density at radius 2 is 1.58 bits per heavy atom. The summed E-state index contributed by atoms with van der Waals surface area (Å²) < 4.78 is 6.00. The molecule has 292 valence electrons. The molecular formula is C42H44N10O5. The van der Waals surface area contributed by atoms with Crippen LogP contribution in [0.5, 0.6) is 11.5 Å². The average molecular weight is 769 g/mol. The van der Waals surface area contributed by atoms with Crippen molar-refractivity contribution >= 4 is 47.3 Å². The highest BCUT2D eigenvalue weighted by molar-refractivity contribution is 6.17. The third-order valence-electron chi connectivity index (χ3n) is 12.7. The zero-order chi connectivity index (χ0) is 38.8. The number of nitrogens with zero attached hydrogens (tertiary/aromatic N) is 8. The quantitative estimate of drug-likeness (QED) is 0.346. The third kappa shape index (κ3) is 6.34. The van der Waals surface area contributed by atoms with E-state index >= 15 is 0 Å². The molecule has 0 radical (unpaired) electrons. The van der Waals surface area contributed by atoms with Crippen molar-refractivity contribution in [2.24, 2.45) is 38.6 Å². The lowest BCUT2D eigenvalue weighted by Gasteiger charge is -2.52. The Bertz CT molecular complexity index is 2210. The second-order valence-electron chi connectivity index (χ2n) is 16.1. The number of aliphatic imine (C=N–C) groups is 2. The number of para-hydroxylation sites is 1. The van der Waals surface area contributed by atoms with Gasteiger partial charge in [-0.25, -0.2) is 14.8 Å². The van der Waals surface area contributed by atoms with Gasteiger partial charge in [0.05, 0.1) is 11.8 Å². The van der Waals surface area contributed by atoms with E-state index < -0.39 is 11.9 Å². The molecular weight excluding hydrogens is 725 g/mol. The highest BCUT2D eigenvalue weighted by Gasteiger charge is 2.47. The second-order valence-corrected chi connectivity index (χ2v) is 16.1. The van der Waals surface area contributed by atoms with Crippen LogP contribution in [0.25, 0.3) is 0 Å². The Morgan fingerprint density at radius 1 is 0.842 bits per heavy atom. The molecule has 3 aromatic rings. The fraction of sp³-hybridized carbons (Fsp3) is 0.405. The zero-order valence-electron chi connectivity index (χ0n) is 31.4. The largest absolute Gasteiger partial charge is 0.457 e. The maximum Gasteiger partial charge on any atom is 0.320 e. The first-order valence-electron chi connectivity index (χ1n) is 19.9. The molecule has 7 aliphatic rings. The number of hydrogen-bond donors (Lipinski definition) is 2. The first kappa shape index (κ1) is 35.2. The number of benzene rings is 3. The highest BCUT2D eigenvalue weighted by Crippen LogP contribution is 2.38. The molecule has 0 aromatic heterocycles. The van der Waals surface area contributed by atoms with E-state index in [1.807, 2.05) is 76.5 Å². The average Bonchev–Trinajstić information content (AvgIpc) is 3.74. The lowest BCUT2D eigenvalue weighted by Crippen LogP contribution is -2.63. The van der Waals surface area contributed by atoms with Gasteiger partial charge in [0.15, 0.2) is 6.17 Å². The van der Waals surface area contributed by atoms with E-state index in [0.717, 1.165) is 73.0 Å². The van der Waals surface area contributed by atoms with Crippen LogP contribution < -0.4 is 20.7 Å². The van der Waals surface area contributed by atoms with Crippen molar-refractivity contribution in [2.75, 3.05) is 44.2 Å². The molecule has 57 heavy (non-hydrogen) atoms. The number of amidine groups is 1. The van der Waals surface area contributed by atoms with Crippen molar-refractivity contribution < 1.29 is 23.9 Å². The molecule has 15 heteroatoms. The Morgan fingerprint density at radius 3 is 2.33 bits per heavy atom. The SMILES string of the molecule is NC1=NC=NC2C1C(c1ccc(Oc3ccccc3)cc1)=NN2C1CCN(C(=O)N2CC(C3CN(c4ccc5c(c4)CN([C@@H]4CCC(=O)NC4=O)C5=O)C3)C2)CC1. The van der Waals surface area contributed by atoms with Crippen LogP contribution in [-0.2, 0) is 16.1 Å². The lowest BCUT2D eigenvalue weighted by molar-refractivity contribution is -0.136. The van der Waals surface area contributed by atoms with E-state index in [1.165, 1.54) is 6.34 Å². The number of carbonyl (C=O) groups is 4. The van der Waals surface area contributed by atoms with E-state index in [-0.39, 0.29) is 42.4 Å². The maximum absolute atomic E-state index is 13.6. The van der Waals surface area contributed by atoms with Gasteiger partial charge < -0.3 is 30.1 Å². The topological polar surface area (TPSA) is 169 Å². The summed E-state index contributed by atoms with van der Waals surface area (Å²) in [6.45, 7) is 5.03. The molecule has 7 heterocycles. The summed E-state index contributed by atoms with van der Waals surface area (Å²) in [5.74, 6) is 1.87. The van der Waals surface area contributed by atoms with Crippen LogP contribution in [0.4, 0.5) is 10.5 Å². The molecule has 7 aliphatic heterocycles. The van der Waals surface area contributed by atoms with Crippen LogP contribution in [0.3, 0.4) is 0 Å². The molecule has 0 bridgehead atoms. The number of imide groups is 1. The number of amides is 5. The van der Waals surface area contributed by atoms with Crippen LogP contribution in [0.15, 0.2) is 87.9 Å². The van der Waals surface area contributed by atoms with E-state index in [1.54, 1.807) is 4.90 Å². The summed E-state index contributed by atoms with van der Waals surface area (Å²) in [6.07, 6.45) is 3.43. The first-order valence-corrected chi connectivity index (χ1v) is 19.9. The molecule has 2 unspecified atom stereocenters. The minimum absolute atomic E-state index is 0.109. The summed E-state index contributed by atoms with van der Waals surface area (Å²) in [5.41, 5.74) is 10.9. The fourth-order valence-corrected chi connectivity index (χ4v) is 9.36. The molecule has 3 aromatic carbocycles. The van der Waals surface area contributed by atoms with Gasteiger partial charge in [-0.1, -0.05) is 18.2 Å². The van der Waals surface area contributed by atoms with Crippen molar-refractivity contribution in [1.29, 1.82) is 0 Å². The van der Waals surface area contributed by atoms with Gasteiger partial charge in [0.1, 0.15) is 35.6 Å². The molecule has 15 nitrogen and oxygen atoms in total. The number of nitrogens with one attached hydrogen (secondary N) is 1. The van der Waals surface area contributed by atoms with Gasteiger partial charge in [-0.3, -0.25) is 24.7 Å². The normalized spacial score (nSPS) is 25.1. The third-order valence-corrected chi connectivity index (χ3v) is 12.7. The lowest BCUT2D eigenvalue weighted by atomic mass is 9.80. The number of urea groups is 1. The summed E-state index contributed by atoms with van der Waals surface area (Å²) in [6, 6.07) is 23.1. The monoisotopic (exact) mass is 768 g/mol.